The highest BCUT2D eigenvalue weighted by Gasteiger charge is 2.18. The van der Waals surface area contributed by atoms with Crippen LogP contribution in [0.5, 0.6) is 0 Å². The minimum atomic E-state index is -0.844. The first-order valence-corrected chi connectivity index (χ1v) is 35.8. The summed E-state index contributed by atoms with van der Waals surface area (Å²) in [7, 11) is 0. The third-order valence-electron chi connectivity index (χ3n) is 16.6. The standard InChI is InChI=1S/C73H139NO5/c1-3-5-7-9-11-13-15-17-19-20-35-38-41-45-49-53-57-61-65-71(76)70(69-75)74-72(77)66-62-58-54-50-46-42-39-36-33-31-29-27-25-23-21-22-24-26-28-30-32-34-37-40-44-48-52-56-60-64-68-79-73(78)67-63-59-55-51-47-43-18-16-14-12-10-8-6-4-2/h16,18,22,24,61,65,70-71,75-76H,3-15,17,19-21,23,25-60,62-64,66-69H2,1-2H3,(H,74,77)/b18-16-,24-22-,65-61+. The highest BCUT2D eigenvalue weighted by molar-refractivity contribution is 5.76. The molecule has 0 fully saturated rings. The Balaban J connectivity index is 3.39. The number of carbonyl (C=O) groups is 2. The summed E-state index contributed by atoms with van der Waals surface area (Å²) in [4.78, 5) is 24.6. The summed E-state index contributed by atoms with van der Waals surface area (Å²) in [6.45, 7) is 4.92. The molecule has 2 unspecified atom stereocenters. The normalized spacial score (nSPS) is 12.7. The molecule has 0 aliphatic heterocycles. The molecule has 0 aliphatic carbocycles. The van der Waals surface area contributed by atoms with Crippen molar-refractivity contribution in [2.24, 2.45) is 0 Å². The molecule has 0 saturated heterocycles. The number of unbranched alkanes of at least 4 members (excludes halogenated alkanes) is 52. The monoisotopic (exact) mass is 1110 g/mol. The van der Waals surface area contributed by atoms with Gasteiger partial charge in [0.2, 0.25) is 5.91 Å². The topological polar surface area (TPSA) is 95.9 Å². The van der Waals surface area contributed by atoms with E-state index in [1.807, 2.05) is 6.08 Å². The summed E-state index contributed by atoms with van der Waals surface area (Å²) in [5.74, 6) is -0.0548. The highest BCUT2D eigenvalue weighted by Crippen LogP contribution is 2.18. The molecule has 0 saturated carbocycles. The van der Waals surface area contributed by atoms with Gasteiger partial charge in [0, 0.05) is 12.8 Å². The fourth-order valence-electron chi connectivity index (χ4n) is 11.2. The van der Waals surface area contributed by atoms with Gasteiger partial charge in [0.1, 0.15) is 0 Å². The Labute approximate surface area is 494 Å². The molecule has 79 heavy (non-hydrogen) atoms. The van der Waals surface area contributed by atoms with Gasteiger partial charge in [-0.25, -0.2) is 0 Å². The lowest BCUT2D eigenvalue weighted by molar-refractivity contribution is -0.143. The van der Waals surface area contributed by atoms with Crippen LogP contribution in [0.3, 0.4) is 0 Å². The van der Waals surface area contributed by atoms with Crippen molar-refractivity contribution in [3.8, 4) is 0 Å². The molecule has 466 valence electrons. The number of nitrogens with one attached hydrogen (secondary N) is 1. The highest BCUT2D eigenvalue weighted by atomic mass is 16.5. The van der Waals surface area contributed by atoms with Crippen LogP contribution in [-0.2, 0) is 14.3 Å². The molecule has 0 radical (unpaired) electrons. The number of rotatable bonds is 67. The molecule has 0 aromatic rings. The lowest BCUT2D eigenvalue weighted by Gasteiger charge is -2.20. The number of allylic oxidation sites excluding steroid dienone is 5. The molecule has 0 spiro atoms. The number of aliphatic hydroxyl groups is 2. The van der Waals surface area contributed by atoms with Crippen LogP contribution in [0.25, 0.3) is 0 Å². The Kier molecular flexibility index (Phi) is 66.9. The van der Waals surface area contributed by atoms with Gasteiger partial charge in [0.25, 0.3) is 0 Å². The van der Waals surface area contributed by atoms with Crippen LogP contribution in [-0.4, -0.2) is 47.4 Å². The molecule has 0 aromatic carbocycles. The Bertz CT molecular complexity index is 1280. The number of hydrogen-bond acceptors (Lipinski definition) is 5. The quantitative estimate of drug-likeness (QED) is 0.0320. The van der Waals surface area contributed by atoms with Gasteiger partial charge in [-0.1, -0.05) is 333 Å². The first kappa shape index (κ1) is 77.1. The van der Waals surface area contributed by atoms with E-state index in [4.69, 9.17) is 4.74 Å². The summed E-state index contributed by atoms with van der Waals surface area (Å²) in [5, 5.41) is 23.2. The van der Waals surface area contributed by atoms with Gasteiger partial charge >= 0.3 is 5.97 Å². The van der Waals surface area contributed by atoms with Crippen molar-refractivity contribution in [2.75, 3.05) is 13.2 Å². The van der Waals surface area contributed by atoms with E-state index < -0.39 is 12.1 Å². The minimum absolute atomic E-state index is 0.00861. The molecule has 2 atom stereocenters. The van der Waals surface area contributed by atoms with E-state index in [1.165, 1.54) is 321 Å². The predicted molar refractivity (Wildman–Crippen MR) is 347 cm³/mol. The van der Waals surface area contributed by atoms with Crippen molar-refractivity contribution >= 4 is 11.9 Å². The van der Waals surface area contributed by atoms with Gasteiger partial charge in [0.15, 0.2) is 0 Å². The molecule has 0 aromatic heterocycles. The number of esters is 1. The predicted octanol–water partition coefficient (Wildman–Crippen LogP) is 23.1. The lowest BCUT2D eigenvalue weighted by atomic mass is 10.0. The molecule has 0 rings (SSSR count). The third kappa shape index (κ3) is 65.1. The van der Waals surface area contributed by atoms with Crippen LogP contribution in [0.1, 0.15) is 393 Å². The van der Waals surface area contributed by atoms with Crippen molar-refractivity contribution in [3.05, 3.63) is 36.5 Å². The second kappa shape index (κ2) is 68.6. The molecule has 6 heteroatoms. The molecule has 6 nitrogen and oxygen atoms in total. The van der Waals surface area contributed by atoms with Crippen molar-refractivity contribution in [1.82, 2.24) is 5.32 Å². The second-order valence-corrected chi connectivity index (χ2v) is 24.6. The Hall–Kier alpha value is -1.92. The average Bonchev–Trinajstić information content (AvgIpc) is 3.45. The van der Waals surface area contributed by atoms with Gasteiger partial charge in [-0.15, -0.1) is 0 Å². The van der Waals surface area contributed by atoms with Crippen molar-refractivity contribution in [2.45, 2.75) is 405 Å². The summed E-state index contributed by atoms with van der Waals surface area (Å²) in [6.07, 6.45) is 88.0. The van der Waals surface area contributed by atoms with Crippen molar-refractivity contribution < 1.29 is 24.5 Å². The Morgan fingerprint density at radius 2 is 0.595 bits per heavy atom. The van der Waals surface area contributed by atoms with E-state index in [0.29, 0.717) is 19.4 Å². The number of amides is 1. The number of hydrogen-bond donors (Lipinski definition) is 3. The largest absolute Gasteiger partial charge is 0.466 e. The second-order valence-electron chi connectivity index (χ2n) is 24.6. The maximum absolute atomic E-state index is 12.5. The van der Waals surface area contributed by atoms with E-state index >= 15 is 0 Å². The van der Waals surface area contributed by atoms with Gasteiger partial charge in [-0.05, 0) is 83.5 Å². The number of aliphatic hydroxyl groups excluding tert-OH is 2. The first-order valence-electron chi connectivity index (χ1n) is 35.8. The van der Waals surface area contributed by atoms with Crippen LogP contribution in [0.4, 0.5) is 0 Å². The van der Waals surface area contributed by atoms with Crippen LogP contribution < -0.4 is 5.32 Å². The maximum Gasteiger partial charge on any atom is 0.305 e. The summed E-state index contributed by atoms with van der Waals surface area (Å²) in [6, 6.07) is -0.627. The first-order chi connectivity index (χ1) is 39.0. The molecular formula is C73H139NO5. The van der Waals surface area contributed by atoms with Crippen LogP contribution in [0, 0.1) is 0 Å². The van der Waals surface area contributed by atoms with E-state index in [1.54, 1.807) is 6.08 Å². The molecule has 3 N–H and O–H groups in total. The summed E-state index contributed by atoms with van der Waals surface area (Å²) in [5.41, 5.74) is 0. The third-order valence-corrected chi connectivity index (χ3v) is 16.6. The molecule has 0 heterocycles. The Morgan fingerprint density at radius 3 is 0.899 bits per heavy atom. The average molecular weight is 1110 g/mol. The molecule has 1 amide bonds. The van der Waals surface area contributed by atoms with Crippen LogP contribution in [0.2, 0.25) is 0 Å². The van der Waals surface area contributed by atoms with Gasteiger partial charge in [-0.2, -0.15) is 0 Å². The fraction of sp³-hybridized carbons (Fsp3) is 0.890. The number of carbonyl (C=O) groups excluding carboxylic acids is 2. The molecule has 0 bridgehead atoms. The smallest absolute Gasteiger partial charge is 0.305 e. The fourth-order valence-corrected chi connectivity index (χ4v) is 11.2. The summed E-state index contributed by atoms with van der Waals surface area (Å²) >= 11 is 0. The lowest BCUT2D eigenvalue weighted by Crippen LogP contribution is -2.45. The zero-order chi connectivity index (χ0) is 57.1. The maximum atomic E-state index is 12.5. The SMILES string of the molecule is CCCCCCC/C=C\CCCCCCCC(=O)OCCCCCCCCCCCCCC/C=C\CCCCCCCCCCCCCCCCC(=O)NC(CO)C(O)/C=C/CCCCCCCCCCCCCCCCCC. The molecule has 0 aliphatic rings. The molecular weight excluding hydrogens is 971 g/mol. The minimum Gasteiger partial charge on any atom is -0.466 e. The van der Waals surface area contributed by atoms with E-state index in [-0.39, 0.29) is 18.5 Å². The van der Waals surface area contributed by atoms with Crippen LogP contribution >= 0.6 is 0 Å². The number of ether oxygens (including phenoxy) is 1. The zero-order valence-electron chi connectivity index (χ0n) is 53.4. The van der Waals surface area contributed by atoms with E-state index in [2.05, 4.69) is 43.5 Å². The van der Waals surface area contributed by atoms with Crippen molar-refractivity contribution in [3.63, 3.8) is 0 Å². The van der Waals surface area contributed by atoms with Gasteiger partial charge < -0.3 is 20.3 Å². The zero-order valence-corrected chi connectivity index (χ0v) is 53.4. The van der Waals surface area contributed by atoms with Crippen molar-refractivity contribution in [1.29, 1.82) is 0 Å². The van der Waals surface area contributed by atoms with Gasteiger partial charge in [-0.3, -0.25) is 9.59 Å². The van der Waals surface area contributed by atoms with Gasteiger partial charge in [0.05, 0.1) is 25.4 Å². The Morgan fingerprint density at radius 1 is 0.342 bits per heavy atom. The van der Waals surface area contributed by atoms with Crippen LogP contribution in [0.15, 0.2) is 36.5 Å². The van der Waals surface area contributed by atoms with E-state index in [0.717, 1.165) is 44.9 Å². The van der Waals surface area contributed by atoms with E-state index in [9.17, 15) is 19.8 Å². The summed E-state index contributed by atoms with van der Waals surface area (Å²) < 4.78 is 5.49.